The van der Waals surface area contributed by atoms with Crippen LogP contribution in [0.15, 0.2) is 47.8 Å². The summed E-state index contributed by atoms with van der Waals surface area (Å²) in [5.74, 6) is 1.21. The van der Waals surface area contributed by atoms with Crippen molar-refractivity contribution >= 4 is 17.2 Å². The van der Waals surface area contributed by atoms with E-state index in [1.165, 1.54) is 5.56 Å². The molecule has 1 amide bonds. The Kier molecular flexibility index (Phi) is 5.07. The highest BCUT2D eigenvalue weighted by atomic mass is 32.1. The molecule has 0 saturated heterocycles. The number of carbonyl (C=O) groups is 1. The third-order valence-corrected chi connectivity index (χ3v) is 5.15. The maximum Gasteiger partial charge on any atom is 0.251 e. The number of carbonyl (C=O) groups excluding carboxylic acids is 1. The number of fused-ring (bicyclic) bond motifs is 1. The zero-order chi connectivity index (χ0) is 18.6. The number of rotatable bonds is 5. The van der Waals surface area contributed by atoms with Crippen molar-refractivity contribution in [1.82, 2.24) is 10.3 Å². The largest absolute Gasteiger partial charge is 0.486 e. The predicted molar refractivity (Wildman–Crippen MR) is 106 cm³/mol. The Labute approximate surface area is 162 Å². The Balaban J connectivity index is 1.32. The van der Waals surface area contributed by atoms with Crippen LogP contribution in [-0.2, 0) is 6.42 Å². The Hall–Kier alpha value is -2.86. The molecule has 1 aliphatic heterocycles. The number of thiazole rings is 1. The van der Waals surface area contributed by atoms with Crippen molar-refractivity contribution in [2.45, 2.75) is 13.3 Å². The van der Waals surface area contributed by atoms with Crippen LogP contribution < -0.4 is 14.8 Å². The monoisotopic (exact) mass is 380 g/mol. The molecule has 1 aromatic heterocycles. The van der Waals surface area contributed by atoms with Gasteiger partial charge in [-0.25, -0.2) is 4.98 Å². The average molecular weight is 380 g/mol. The lowest BCUT2D eigenvalue weighted by Crippen LogP contribution is -2.26. The van der Waals surface area contributed by atoms with E-state index in [4.69, 9.17) is 9.47 Å². The third-order valence-electron chi connectivity index (χ3n) is 4.37. The fourth-order valence-corrected chi connectivity index (χ4v) is 3.57. The number of aromatic nitrogens is 1. The van der Waals surface area contributed by atoms with Crippen LogP contribution in [0, 0.1) is 6.92 Å². The van der Waals surface area contributed by atoms with E-state index in [1.807, 2.05) is 6.92 Å². The number of nitrogens with zero attached hydrogens (tertiary/aromatic N) is 1. The van der Waals surface area contributed by atoms with E-state index in [0.29, 0.717) is 36.8 Å². The van der Waals surface area contributed by atoms with E-state index in [9.17, 15) is 4.79 Å². The molecule has 2 aromatic carbocycles. The maximum absolute atomic E-state index is 12.3. The Morgan fingerprint density at radius 1 is 1.11 bits per heavy atom. The van der Waals surface area contributed by atoms with Crippen LogP contribution in [-0.4, -0.2) is 30.6 Å². The van der Waals surface area contributed by atoms with Crippen molar-refractivity contribution in [3.05, 3.63) is 64.0 Å². The summed E-state index contributed by atoms with van der Waals surface area (Å²) in [7, 11) is 0. The van der Waals surface area contributed by atoms with Gasteiger partial charge in [0.15, 0.2) is 11.5 Å². The molecule has 5 nitrogen and oxygen atoms in total. The summed E-state index contributed by atoms with van der Waals surface area (Å²) >= 11 is 1.65. The lowest BCUT2D eigenvalue weighted by Gasteiger charge is -2.18. The van der Waals surface area contributed by atoms with Crippen LogP contribution in [0.3, 0.4) is 0 Å². The first kappa shape index (κ1) is 17.5. The van der Waals surface area contributed by atoms with Gasteiger partial charge in [-0.3, -0.25) is 4.79 Å². The van der Waals surface area contributed by atoms with E-state index in [-0.39, 0.29) is 5.91 Å². The third kappa shape index (κ3) is 4.11. The zero-order valence-corrected chi connectivity index (χ0v) is 15.8. The first-order valence-corrected chi connectivity index (χ1v) is 9.76. The Morgan fingerprint density at radius 3 is 2.63 bits per heavy atom. The molecule has 138 valence electrons. The molecule has 0 atom stereocenters. The molecule has 27 heavy (non-hydrogen) atoms. The van der Waals surface area contributed by atoms with Crippen molar-refractivity contribution in [1.29, 1.82) is 0 Å². The fourth-order valence-electron chi connectivity index (χ4n) is 2.95. The predicted octanol–water partition coefficient (Wildman–Crippen LogP) is 3.86. The fraction of sp³-hybridized carbons (Fsp3) is 0.238. The average Bonchev–Trinajstić information content (AvgIpc) is 3.14. The van der Waals surface area contributed by atoms with Crippen molar-refractivity contribution in [2.24, 2.45) is 0 Å². The molecule has 2 heterocycles. The minimum Gasteiger partial charge on any atom is -0.486 e. The molecule has 0 bridgehead atoms. The summed E-state index contributed by atoms with van der Waals surface area (Å²) in [6.07, 6.45) is 0.771. The van der Waals surface area contributed by atoms with Gasteiger partial charge in [0.2, 0.25) is 0 Å². The number of hydrogen-bond donors (Lipinski definition) is 1. The second-order valence-electron chi connectivity index (χ2n) is 6.31. The van der Waals surface area contributed by atoms with E-state index >= 15 is 0 Å². The van der Waals surface area contributed by atoms with E-state index < -0.39 is 0 Å². The van der Waals surface area contributed by atoms with Gasteiger partial charge in [-0.15, -0.1) is 11.3 Å². The lowest BCUT2D eigenvalue weighted by atomic mass is 10.1. The number of amides is 1. The topological polar surface area (TPSA) is 60.5 Å². The van der Waals surface area contributed by atoms with E-state index in [1.54, 1.807) is 29.5 Å². The molecule has 6 heteroatoms. The molecule has 0 unspecified atom stereocenters. The second kappa shape index (κ2) is 7.80. The minimum atomic E-state index is -0.110. The normalized spacial score (nSPS) is 12.6. The zero-order valence-electron chi connectivity index (χ0n) is 15.0. The van der Waals surface area contributed by atoms with Gasteiger partial charge in [0.25, 0.3) is 5.91 Å². The quantitative estimate of drug-likeness (QED) is 0.730. The molecule has 0 saturated carbocycles. The van der Waals surface area contributed by atoms with Gasteiger partial charge in [0.1, 0.15) is 13.2 Å². The van der Waals surface area contributed by atoms with Crippen LogP contribution in [0.2, 0.25) is 0 Å². The van der Waals surface area contributed by atoms with Gasteiger partial charge in [0.05, 0.1) is 10.7 Å². The summed E-state index contributed by atoms with van der Waals surface area (Å²) in [5.41, 5.74) is 3.88. The van der Waals surface area contributed by atoms with Gasteiger partial charge in [-0.05, 0) is 37.1 Å². The number of benzene rings is 2. The van der Waals surface area contributed by atoms with Crippen molar-refractivity contribution < 1.29 is 14.3 Å². The number of hydrogen-bond acceptors (Lipinski definition) is 5. The van der Waals surface area contributed by atoms with Gasteiger partial charge >= 0.3 is 0 Å². The van der Waals surface area contributed by atoms with Crippen LogP contribution in [0.25, 0.3) is 11.3 Å². The molecule has 0 spiro atoms. The van der Waals surface area contributed by atoms with Crippen LogP contribution in [0.5, 0.6) is 11.5 Å². The van der Waals surface area contributed by atoms with E-state index in [2.05, 4.69) is 39.9 Å². The molecule has 4 rings (SSSR count). The Morgan fingerprint density at radius 2 is 1.89 bits per heavy atom. The first-order chi connectivity index (χ1) is 13.2. The van der Waals surface area contributed by atoms with Crippen LogP contribution >= 0.6 is 11.3 Å². The standard InChI is InChI=1S/C21H20N2O3S/c1-14-23-18(13-27-14)16-4-2-15(3-5-16)8-9-22-21(24)17-6-7-19-20(12-17)26-11-10-25-19/h2-7,12-13H,8-11H2,1H3,(H,22,24). The molecular formula is C21H20N2O3S. The summed E-state index contributed by atoms with van der Waals surface area (Å²) in [6, 6.07) is 13.6. The molecule has 0 fully saturated rings. The van der Waals surface area contributed by atoms with Crippen molar-refractivity contribution in [3.63, 3.8) is 0 Å². The molecule has 0 radical (unpaired) electrons. The van der Waals surface area contributed by atoms with Gasteiger partial charge in [-0.1, -0.05) is 24.3 Å². The van der Waals surface area contributed by atoms with E-state index in [0.717, 1.165) is 22.7 Å². The van der Waals surface area contributed by atoms with Crippen LogP contribution in [0.1, 0.15) is 20.9 Å². The minimum absolute atomic E-state index is 0.110. The highest BCUT2D eigenvalue weighted by molar-refractivity contribution is 7.09. The molecule has 0 aliphatic carbocycles. The van der Waals surface area contributed by atoms with Crippen LogP contribution in [0.4, 0.5) is 0 Å². The molecule has 1 aliphatic rings. The first-order valence-electron chi connectivity index (χ1n) is 8.88. The second-order valence-corrected chi connectivity index (χ2v) is 7.38. The number of aryl methyl sites for hydroxylation is 1. The highest BCUT2D eigenvalue weighted by Crippen LogP contribution is 2.30. The van der Waals surface area contributed by atoms with Gasteiger partial charge in [-0.2, -0.15) is 0 Å². The summed E-state index contributed by atoms with van der Waals surface area (Å²) in [4.78, 5) is 16.9. The van der Waals surface area contributed by atoms with Crippen molar-refractivity contribution in [3.8, 4) is 22.8 Å². The maximum atomic E-state index is 12.3. The lowest BCUT2D eigenvalue weighted by molar-refractivity contribution is 0.0953. The molecule has 1 N–H and O–H groups in total. The SMILES string of the molecule is Cc1nc(-c2ccc(CCNC(=O)c3ccc4c(c3)OCCO4)cc2)cs1. The number of nitrogens with one attached hydrogen (secondary N) is 1. The van der Waals surface area contributed by atoms with Crippen molar-refractivity contribution in [2.75, 3.05) is 19.8 Å². The number of ether oxygens (including phenoxy) is 2. The Bertz CT molecular complexity index is 950. The molecule has 3 aromatic rings. The summed E-state index contributed by atoms with van der Waals surface area (Å²) in [5, 5.41) is 6.09. The summed E-state index contributed by atoms with van der Waals surface area (Å²) < 4.78 is 11.0. The summed E-state index contributed by atoms with van der Waals surface area (Å²) in [6.45, 7) is 3.63. The molecular weight excluding hydrogens is 360 g/mol. The van der Waals surface area contributed by atoms with Gasteiger partial charge in [0, 0.05) is 23.1 Å². The highest BCUT2D eigenvalue weighted by Gasteiger charge is 2.14. The smallest absolute Gasteiger partial charge is 0.251 e. The van der Waals surface area contributed by atoms with Gasteiger partial charge < -0.3 is 14.8 Å².